The van der Waals surface area contributed by atoms with Gasteiger partial charge in [-0.05, 0) is 82.2 Å². The molecule has 2 heteroatoms. The number of unbranched alkanes of at least 4 members (excludes halogenated alkanes) is 1. The molecule has 0 atom stereocenters. The number of hydrogen-bond acceptors (Lipinski definition) is 2. The Morgan fingerprint density at radius 2 is 1.06 bits per heavy atom. The van der Waals surface area contributed by atoms with Gasteiger partial charge in [-0.1, -0.05) is 86.6 Å². The second-order valence-corrected chi connectivity index (χ2v) is 12.1. The average Bonchev–Trinajstić information content (AvgIpc) is 2.59. The van der Waals surface area contributed by atoms with E-state index in [0.29, 0.717) is 11.5 Å². The highest BCUT2D eigenvalue weighted by molar-refractivity contribution is 5.50. The van der Waals surface area contributed by atoms with E-state index >= 15 is 0 Å². The van der Waals surface area contributed by atoms with Gasteiger partial charge in [0.05, 0.1) is 0 Å². The molecule has 0 saturated heterocycles. The fraction of sp³-hybridized carbons (Fsp3) is 0.552. The van der Waals surface area contributed by atoms with E-state index in [0.717, 1.165) is 41.5 Å². The molecule has 2 N–H and O–H groups in total. The molecular weight excluding hydrogens is 380 g/mol. The van der Waals surface area contributed by atoms with Crippen LogP contribution in [0.1, 0.15) is 102 Å². The molecule has 0 saturated carbocycles. The van der Waals surface area contributed by atoms with E-state index in [9.17, 15) is 10.2 Å². The molecule has 2 aromatic rings. The summed E-state index contributed by atoms with van der Waals surface area (Å²) in [5, 5.41) is 21.4. The van der Waals surface area contributed by atoms with Gasteiger partial charge in [0, 0.05) is 0 Å². The van der Waals surface area contributed by atoms with Crippen LogP contribution in [0.4, 0.5) is 0 Å². The molecule has 0 bridgehead atoms. The Morgan fingerprint density at radius 3 is 1.52 bits per heavy atom. The lowest BCUT2D eigenvalue weighted by atomic mass is 9.78. The van der Waals surface area contributed by atoms with Crippen molar-refractivity contribution in [3.8, 4) is 11.5 Å². The Labute approximate surface area is 190 Å². The van der Waals surface area contributed by atoms with E-state index < -0.39 is 0 Å². The zero-order chi connectivity index (χ0) is 23.8. The summed E-state index contributed by atoms with van der Waals surface area (Å²) in [6, 6.07) is 8.60. The van der Waals surface area contributed by atoms with Crippen LogP contribution in [0.25, 0.3) is 0 Å². The Hall–Kier alpha value is -1.96. The van der Waals surface area contributed by atoms with Crippen LogP contribution >= 0.6 is 0 Å². The highest BCUT2D eigenvalue weighted by Gasteiger charge is 2.26. The van der Waals surface area contributed by atoms with Crippen LogP contribution in [-0.4, -0.2) is 10.2 Å². The monoisotopic (exact) mass is 423 g/mol. The van der Waals surface area contributed by atoms with E-state index in [4.69, 9.17) is 0 Å². The van der Waals surface area contributed by atoms with E-state index in [1.807, 2.05) is 6.92 Å². The molecule has 171 valence electrons. The molecule has 0 aliphatic carbocycles. The Balaban J connectivity index is 2.17. The molecular formula is C29H43O2. The largest absolute Gasteiger partial charge is 0.507 e. The first-order valence-electron chi connectivity index (χ1n) is 11.5. The minimum atomic E-state index is -0.104. The van der Waals surface area contributed by atoms with Crippen LogP contribution in [0.3, 0.4) is 0 Å². The summed E-state index contributed by atoms with van der Waals surface area (Å²) in [5.74, 6) is 0.867. The molecule has 2 nitrogen and oxygen atoms in total. The van der Waals surface area contributed by atoms with Gasteiger partial charge >= 0.3 is 0 Å². The predicted octanol–water partition coefficient (Wildman–Crippen LogP) is 7.68. The van der Waals surface area contributed by atoms with Crippen molar-refractivity contribution >= 4 is 0 Å². The van der Waals surface area contributed by atoms with Gasteiger partial charge in [0.25, 0.3) is 0 Å². The van der Waals surface area contributed by atoms with Crippen molar-refractivity contribution < 1.29 is 10.2 Å². The first kappa shape index (κ1) is 25.3. The van der Waals surface area contributed by atoms with E-state index in [2.05, 4.69) is 93.0 Å². The third kappa shape index (κ3) is 6.28. The highest BCUT2D eigenvalue weighted by Crippen LogP contribution is 2.40. The van der Waals surface area contributed by atoms with Crippen LogP contribution in [0.5, 0.6) is 11.5 Å². The maximum absolute atomic E-state index is 10.9. The zero-order valence-electron chi connectivity index (χ0n) is 21.4. The minimum Gasteiger partial charge on any atom is -0.507 e. The van der Waals surface area contributed by atoms with Crippen molar-refractivity contribution in [3.05, 3.63) is 64.1 Å². The Bertz CT molecular complexity index is 880. The van der Waals surface area contributed by atoms with Gasteiger partial charge in [-0.3, -0.25) is 0 Å². The molecule has 2 aromatic carbocycles. The van der Waals surface area contributed by atoms with Crippen molar-refractivity contribution in [2.75, 3.05) is 0 Å². The number of phenolic OH excluding ortho intramolecular Hbond substituents is 2. The van der Waals surface area contributed by atoms with Gasteiger partial charge < -0.3 is 10.2 Å². The topological polar surface area (TPSA) is 40.5 Å². The molecule has 2 rings (SSSR count). The van der Waals surface area contributed by atoms with Gasteiger partial charge in [-0.25, -0.2) is 0 Å². The summed E-state index contributed by atoms with van der Waals surface area (Å²) < 4.78 is 0. The molecule has 0 spiro atoms. The van der Waals surface area contributed by atoms with Crippen LogP contribution in [0.15, 0.2) is 24.3 Å². The predicted molar refractivity (Wildman–Crippen MR) is 133 cm³/mol. The smallest absolute Gasteiger partial charge is 0.123 e. The van der Waals surface area contributed by atoms with Crippen LogP contribution in [-0.2, 0) is 29.1 Å². The lowest BCUT2D eigenvalue weighted by molar-refractivity contribution is 0.422. The number of aromatic hydroxyl groups is 2. The molecule has 0 fully saturated rings. The van der Waals surface area contributed by atoms with E-state index in [-0.39, 0.29) is 16.2 Å². The molecule has 0 aromatic heterocycles. The fourth-order valence-electron chi connectivity index (χ4n) is 4.06. The van der Waals surface area contributed by atoms with Crippen LogP contribution < -0.4 is 0 Å². The Morgan fingerprint density at radius 1 is 0.645 bits per heavy atom. The second-order valence-electron chi connectivity index (χ2n) is 12.1. The van der Waals surface area contributed by atoms with E-state index in [1.165, 1.54) is 11.1 Å². The van der Waals surface area contributed by atoms with Crippen LogP contribution in [0.2, 0.25) is 0 Å². The first-order valence-corrected chi connectivity index (χ1v) is 11.5. The summed E-state index contributed by atoms with van der Waals surface area (Å²) in [6.07, 6.45) is 5.16. The van der Waals surface area contributed by atoms with Gasteiger partial charge in [-0.2, -0.15) is 0 Å². The quantitative estimate of drug-likeness (QED) is 0.484. The molecule has 0 amide bonds. The Kier molecular flexibility index (Phi) is 7.25. The van der Waals surface area contributed by atoms with Crippen LogP contribution in [0, 0.1) is 13.3 Å². The van der Waals surface area contributed by atoms with Gasteiger partial charge in [0.1, 0.15) is 11.5 Å². The highest BCUT2D eigenvalue weighted by atomic mass is 16.3. The van der Waals surface area contributed by atoms with Crippen molar-refractivity contribution in [2.24, 2.45) is 0 Å². The molecule has 0 heterocycles. The van der Waals surface area contributed by atoms with Crippen molar-refractivity contribution in [3.63, 3.8) is 0 Å². The molecule has 0 aliphatic rings. The summed E-state index contributed by atoms with van der Waals surface area (Å²) >= 11 is 0. The number of aryl methyl sites for hydroxylation is 2. The summed E-state index contributed by atoms with van der Waals surface area (Å²) in [7, 11) is 0. The van der Waals surface area contributed by atoms with Crippen molar-refractivity contribution in [2.45, 2.75) is 105 Å². The third-order valence-electron chi connectivity index (χ3n) is 5.97. The number of phenols is 2. The standard InChI is InChI=1S/C29H43O2/c1-19-15-20(16-22(25(19)30)27(2,3)4)13-11-12-14-21-17-23(28(5,6)7)26(31)24(18-21)29(8,9)10/h12,15-18,30-31H,11,13-14H2,1-10H3. The van der Waals surface area contributed by atoms with Gasteiger partial charge in [0.15, 0.2) is 0 Å². The number of benzene rings is 2. The first-order chi connectivity index (χ1) is 14.0. The second kappa shape index (κ2) is 8.88. The lowest BCUT2D eigenvalue weighted by Crippen LogP contribution is -2.18. The normalized spacial score (nSPS) is 13.0. The average molecular weight is 424 g/mol. The number of rotatable bonds is 5. The van der Waals surface area contributed by atoms with Crippen molar-refractivity contribution in [1.29, 1.82) is 0 Å². The maximum atomic E-state index is 10.9. The van der Waals surface area contributed by atoms with Crippen molar-refractivity contribution in [1.82, 2.24) is 0 Å². The molecule has 1 radical (unpaired) electrons. The minimum absolute atomic E-state index is 0.0761. The number of hydrogen-bond donors (Lipinski definition) is 2. The molecule has 0 aliphatic heterocycles. The van der Waals surface area contributed by atoms with Gasteiger partial charge in [0.2, 0.25) is 0 Å². The fourth-order valence-corrected chi connectivity index (χ4v) is 4.06. The third-order valence-corrected chi connectivity index (χ3v) is 5.97. The summed E-state index contributed by atoms with van der Waals surface area (Å²) in [4.78, 5) is 0. The van der Waals surface area contributed by atoms with Gasteiger partial charge in [-0.15, -0.1) is 0 Å². The summed E-state index contributed by atoms with van der Waals surface area (Å²) in [6.45, 7) is 21.3. The molecule has 31 heavy (non-hydrogen) atoms. The lowest BCUT2D eigenvalue weighted by Gasteiger charge is -2.28. The van der Waals surface area contributed by atoms with E-state index in [1.54, 1.807) is 0 Å². The zero-order valence-corrected chi connectivity index (χ0v) is 21.4. The molecule has 0 unspecified atom stereocenters. The SMILES string of the molecule is Cc1cc(CC[CH]Cc2cc(C(C)(C)C)c(O)c(C(C)(C)C)c2)cc(C(C)(C)C)c1O. The maximum Gasteiger partial charge on any atom is 0.123 e. The summed E-state index contributed by atoms with van der Waals surface area (Å²) in [5.41, 5.74) is 6.25.